The summed E-state index contributed by atoms with van der Waals surface area (Å²) in [4.78, 5) is 14.7. The van der Waals surface area contributed by atoms with Crippen molar-refractivity contribution in [2.24, 2.45) is 0 Å². The highest BCUT2D eigenvalue weighted by atomic mass is 19.1. The normalized spacial score (nSPS) is 23.2. The Morgan fingerprint density at radius 3 is 2.72 bits per heavy atom. The molecule has 0 bridgehead atoms. The molecule has 0 aromatic heterocycles. The van der Waals surface area contributed by atoms with Crippen molar-refractivity contribution in [2.45, 2.75) is 25.1 Å². The van der Waals surface area contributed by atoms with Gasteiger partial charge in [-0.15, -0.1) is 0 Å². The number of carbonyl (C=O) groups excluding carboxylic acids is 1. The number of hydrogen-bond acceptors (Lipinski definition) is 3. The quantitative estimate of drug-likeness (QED) is 0.913. The van der Waals surface area contributed by atoms with Gasteiger partial charge in [-0.05, 0) is 23.6 Å². The Labute approximate surface area is 146 Å². The molecule has 2 heterocycles. The van der Waals surface area contributed by atoms with E-state index in [4.69, 9.17) is 4.74 Å². The van der Waals surface area contributed by atoms with Crippen LogP contribution in [-0.4, -0.2) is 36.5 Å². The summed E-state index contributed by atoms with van der Waals surface area (Å²) in [6, 6.07) is 14.6. The van der Waals surface area contributed by atoms with E-state index in [1.807, 2.05) is 12.1 Å². The SMILES string of the molecule is O=C([C@@H]1Cc2ccccc2CN1)N1CCO[C@H](c2ccccc2F)C1. The van der Waals surface area contributed by atoms with Gasteiger partial charge in [0, 0.05) is 18.7 Å². The summed E-state index contributed by atoms with van der Waals surface area (Å²) in [7, 11) is 0. The summed E-state index contributed by atoms with van der Waals surface area (Å²) < 4.78 is 19.7. The lowest BCUT2D eigenvalue weighted by Gasteiger charge is -2.36. The van der Waals surface area contributed by atoms with Crippen LogP contribution < -0.4 is 5.32 Å². The Hall–Kier alpha value is -2.24. The molecule has 0 unspecified atom stereocenters. The number of ether oxygens (including phenoxy) is 1. The van der Waals surface area contributed by atoms with Gasteiger partial charge in [0.05, 0.1) is 19.2 Å². The lowest BCUT2D eigenvalue weighted by Crippen LogP contribution is -2.53. The van der Waals surface area contributed by atoms with Crippen molar-refractivity contribution < 1.29 is 13.9 Å². The van der Waals surface area contributed by atoms with Crippen LogP contribution in [0.3, 0.4) is 0 Å². The van der Waals surface area contributed by atoms with Crippen molar-refractivity contribution in [1.82, 2.24) is 10.2 Å². The van der Waals surface area contributed by atoms with Crippen LogP contribution in [0.5, 0.6) is 0 Å². The Bertz CT molecular complexity index is 780. The van der Waals surface area contributed by atoms with E-state index in [-0.39, 0.29) is 17.8 Å². The third-order valence-electron chi connectivity index (χ3n) is 5.01. The second-order valence-electron chi connectivity index (χ2n) is 6.57. The number of morpholine rings is 1. The minimum absolute atomic E-state index is 0.0687. The maximum atomic E-state index is 14.0. The molecule has 1 fully saturated rings. The molecule has 1 saturated heterocycles. The van der Waals surface area contributed by atoms with Crippen LogP contribution in [0, 0.1) is 5.82 Å². The maximum absolute atomic E-state index is 14.0. The average Bonchev–Trinajstić information content (AvgIpc) is 2.67. The van der Waals surface area contributed by atoms with Crippen LogP contribution in [-0.2, 0) is 22.5 Å². The fourth-order valence-corrected chi connectivity index (χ4v) is 3.62. The third kappa shape index (κ3) is 3.30. The number of carbonyl (C=O) groups is 1. The van der Waals surface area contributed by atoms with Gasteiger partial charge in [0.1, 0.15) is 11.9 Å². The van der Waals surface area contributed by atoms with E-state index in [0.29, 0.717) is 38.2 Å². The van der Waals surface area contributed by atoms with E-state index in [2.05, 4.69) is 17.4 Å². The van der Waals surface area contributed by atoms with Crippen molar-refractivity contribution in [3.8, 4) is 0 Å². The maximum Gasteiger partial charge on any atom is 0.240 e. The van der Waals surface area contributed by atoms with Crippen molar-refractivity contribution in [3.63, 3.8) is 0 Å². The molecule has 4 rings (SSSR count). The molecule has 4 nitrogen and oxygen atoms in total. The van der Waals surface area contributed by atoms with E-state index in [9.17, 15) is 9.18 Å². The summed E-state index contributed by atoms with van der Waals surface area (Å²) in [5.41, 5.74) is 2.98. The van der Waals surface area contributed by atoms with Gasteiger partial charge in [0.25, 0.3) is 0 Å². The number of nitrogens with zero attached hydrogens (tertiary/aromatic N) is 1. The Kier molecular flexibility index (Phi) is 4.51. The highest BCUT2D eigenvalue weighted by molar-refractivity contribution is 5.82. The molecular weight excluding hydrogens is 319 g/mol. The number of fused-ring (bicyclic) bond motifs is 1. The number of amides is 1. The topological polar surface area (TPSA) is 41.6 Å². The molecule has 2 aliphatic rings. The molecule has 2 aromatic carbocycles. The van der Waals surface area contributed by atoms with Gasteiger partial charge in [-0.3, -0.25) is 4.79 Å². The van der Waals surface area contributed by atoms with E-state index in [1.165, 1.54) is 17.2 Å². The summed E-state index contributed by atoms with van der Waals surface area (Å²) >= 11 is 0. The Morgan fingerprint density at radius 1 is 1.12 bits per heavy atom. The van der Waals surface area contributed by atoms with Crippen LogP contribution in [0.2, 0.25) is 0 Å². The van der Waals surface area contributed by atoms with E-state index >= 15 is 0 Å². The van der Waals surface area contributed by atoms with E-state index in [1.54, 1.807) is 23.1 Å². The monoisotopic (exact) mass is 340 g/mol. The standard InChI is InChI=1S/C20H21FN2O2/c21-17-8-4-3-7-16(17)19-13-23(9-10-25-19)20(24)18-11-14-5-1-2-6-15(14)12-22-18/h1-8,18-19,22H,9-13H2/t18-,19-/m0/s1. The van der Waals surface area contributed by atoms with Crippen molar-refractivity contribution in [1.29, 1.82) is 0 Å². The number of nitrogens with one attached hydrogen (secondary N) is 1. The third-order valence-corrected chi connectivity index (χ3v) is 5.01. The molecular formula is C20H21FN2O2. The lowest BCUT2D eigenvalue weighted by molar-refractivity contribution is -0.141. The van der Waals surface area contributed by atoms with Crippen LogP contribution >= 0.6 is 0 Å². The van der Waals surface area contributed by atoms with Crippen molar-refractivity contribution in [2.75, 3.05) is 19.7 Å². The second kappa shape index (κ2) is 6.94. The predicted octanol–water partition coefficient (Wildman–Crippen LogP) is 2.44. The van der Waals surface area contributed by atoms with Gasteiger partial charge >= 0.3 is 0 Å². The van der Waals surface area contributed by atoms with Gasteiger partial charge in [-0.2, -0.15) is 0 Å². The second-order valence-corrected chi connectivity index (χ2v) is 6.57. The summed E-state index contributed by atoms with van der Waals surface area (Å²) in [6.07, 6.45) is 0.284. The van der Waals surface area contributed by atoms with Gasteiger partial charge in [-0.25, -0.2) is 4.39 Å². The fourth-order valence-electron chi connectivity index (χ4n) is 3.62. The molecule has 2 aromatic rings. The first-order valence-corrected chi connectivity index (χ1v) is 8.67. The first-order valence-electron chi connectivity index (χ1n) is 8.67. The average molecular weight is 340 g/mol. The highest BCUT2D eigenvalue weighted by Crippen LogP contribution is 2.26. The van der Waals surface area contributed by atoms with E-state index < -0.39 is 6.10 Å². The smallest absolute Gasteiger partial charge is 0.240 e. The Morgan fingerprint density at radius 2 is 1.88 bits per heavy atom. The minimum atomic E-state index is -0.408. The summed E-state index contributed by atoms with van der Waals surface area (Å²) in [6.45, 7) is 2.06. The number of rotatable bonds is 2. The highest BCUT2D eigenvalue weighted by Gasteiger charge is 2.32. The molecule has 2 atom stereocenters. The number of halogens is 1. The van der Waals surface area contributed by atoms with Crippen molar-refractivity contribution in [3.05, 3.63) is 71.0 Å². The van der Waals surface area contributed by atoms with Gasteiger partial charge in [0.15, 0.2) is 0 Å². The number of benzene rings is 2. The molecule has 5 heteroatoms. The van der Waals surface area contributed by atoms with Crippen LogP contribution in [0.15, 0.2) is 48.5 Å². The predicted molar refractivity (Wildman–Crippen MR) is 92.4 cm³/mol. The van der Waals surface area contributed by atoms with Crippen molar-refractivity contribution >= 4 is 5.91 Å². The summed E-state index contributed by atoms with van der Waals surface area (Å²) in [5.74, 6) is -0.217. The molecule has 0 spiro atoms. The van der Waals surface area contributed by atoms with Gasteiger partial charge in [-0.1, -0.05) is 42.5 Å². The Balaban J connectivity index is 1.47. The zero-order valence-corrected chi connectivity index (χ0v) is 14.0. The zero-order chi connectivity index (χ0) is 17.2. The summed E-state index contributed by atoms with van der Waals surface area (Å²) in [5, 5.41) is 3.33. The molecule has 1 amide bonds. The fraction of sp³-hybridized carbons (Fsp3) is 0.350. The lowest BCUT2D eigenvalue weighted by atomic mass is 9.95. The molecule has 130 valence electrons. The van der Waals surface area contributed by atoms with Crippen LogP contribution in [0.25, 0.3) is 0 Å². The van der Waals surface area contributed by atoms with E-state index in [0.717, 1.165) is 0 Å². The number of hydrogen-bond donors (Lipinski definition) is 1. The molecule has 0 aliphatic carbocycles. The zero-order valence-electron chi connectivity index (χ0n) is 14.0. The minimum Gasteiger partial charge on any atom is -0.370 e. The molecule has 2 aliphatic heterocycles. The van der Waals surface area contributed by atoms with Gasteiger partial charge < -0.3 is 15.0 Å². The van der Waals surface area contributed by atoms with Crippen LogP contribution in [0.4, 0.5) is 4.39 Å². The van der Waals surface area contributed by atoms with Gasteiger partial charge in [0.2, 0.25) is 5.91 Å². The molecule has 25 heavy (non-hydrogen) atoms. The first kappa shape index (κ1) is 16.2. The molecule has 0 radical (unpaired) electrons. The van der Waals surface area contributed by atoms with Crippen LogP contribution in [0.1, 0.15) is 22.8 Å². The largest absolute Gasteiger partial charge is 0.370 e. The first-order chi connectivity index (χ1) is 12.2. The molecule has 0 saturated carbocycles. The molecule has 1 N–H and O–H groups in total.